The Morgan fingerprint density at radius 2 is 1.83 bits per heavy atom. The molecule has 1 aromatic rings. The first-order valence-corrected chi connectivity index (χ1v) is 8.85. The van der Waals surface area contributed by atoms with Crippen LogP contribution in [0.5, 0.6) is 0 Å². The zero-order valence-corrected chi connectivity index (χ0v) is 14.4. The lowest BCUT2D eigenvalue weighted by molar-refractivity contribution is 0.106. The number of alkyl halides is 1. The normalized spacial score (nSPS) is 21.6. The van der Waals surface area contributed by atoms with Crippen LogP contribution in [0.2, 0.25) is 0 Å². The molecular weight excluding hydrogens is 291 g/mol. The molecule has 0 bridgehead atoms. The second-order valence-electron chi connectivity index (χ2n) is 7.46. The molecule has 0 saturated carbocycles. The lowest BCUT2D eigenvalue weighted by Crippen LogP contribution is -2.40. The van der Waals surface area contributed by atoms with Crippen LogP contribution in [0.1, 0.15) is 38.2 Å². The van der Waals surface area contributed by atoms with E-state index in [1.165, 1.54) is 11.3 Å². The summed E-state index contributed by atoms with van der Waals surface area (Å²) in [7, 11) is 0. The number of hydrogen-bond donors (Lipinski definition) is 0. The van der Waals surface area contributed by atoms with Crippen molar-refractivity contribution in [1.29, 1.82) is 0 Å². The highest BCUT2D eigenvalue weighted by molar-refractivity contribution is 5.49. The van der Waals surface area contributed by atoms with Crippen LogP contribution in [0.25, 0.3) is 0 Å². The van der Waals surface area contributed by atoms with Crippen molar-refractivity contribution in [1.82, 2.24) is 4.90 Å². The summed E-state index contributed by atoms with van der Waals surface area (Å²) < 4.78 is 19.2. The number of benzene rings is 1. The molecule has 2 saturated heterocycles. The van der Waals surface area contributed by atoms with E-state index in [1.54, 1.807) is 13.8 Å². The van der Waals surface area contributed by atoms with E-state index >= 15 is 0 Å². The molecule has 3 rings (SSSR count). The number of nitrogens with zero attached hydrogens (tertiary/aromatic N) is 2. The van der Waals surface area contributed by atoms with E-state index in [4.69, 9.17) is 4.74 Å². The standard InChI is InChI=1S/C19H29FN2O/c1-19(2,20)15-21-8-6-16(7-9-21)17-4-3-5-18(14-17)22-10-12-23-13-11-22/h3-5,14,16H,6-13,15H2,1-2H3. The van der Waals surface area contributed by atoms with Crippen molar-refractivity contribution in [2.24, 2.45) is 0 Å². The molecule has 0 atom stereocenters. The van der Waals surface area contributed by atoms with Crippen molar-refractivity contribution < 1.29 is 9.13 Å². The average molecular weight is 320 g/mol. The van der Waals surface area contributed by atoms with Gasteiger partial charge in [0.1, 0.15) is 5.67 Å². The molecule has 0 aromatic heterocycles. The predicted molar refractivity (Wildman–Crippen MR) is 93.1 cm³/mol. The van der Waals surface area contributed by atoms with E-state index < -0.39 is 5.67 Å². The fourth-order valence-electron chi connectivity index (χ4n) is 3.75. The Hall–Kier alpha value is -1.13. The molecule has 4 heteroatoms. The lowest BCUT2D eigenvalue weighted by Gasteiger charge is -2.35. The molecular formula is C19H29FN2O. The van der Waals surface area contributed by atoms with Gasteiger partial charge in [0.05, 0.1) is 13.2 Å². The van der Waals surface area contributed by atoms with Crippen molar-refractivity contribution in [3.8, 4) is 0 Å². The largest absolute Gasteiger partial charge is 0.378 e. The molecule has 2 fully saturated rings. The summed E-state index contributed by atoms with van der Waals surface area (Å²) in [5.74, 6) is 0.606. The van der Waals surface area contributed by atoms with Crippen molar-refractivity contribution in [2.45, 2.75) is 38.3 Å². The Morgan fingerprint density at radius 1 is 1.13 bits per heavy atom. The van der Waals surface area contributed by atoms with Crippen LogP contribution in [0.3, 0.4) is 0 Å². The number of ether oxygens (including phenoxy) is 1. The first-order chi connectivity index (χ1) is 11.0. The molecule has 128 valence electrons. The quantitative estimate of drug-likeness (QED) is 0.845. The van der Waals surface area contributed by atoms with E-state index in [0.717, 1.165) is 52.2 Å². The van der Waals surface area contributed by atoms with Crippen LogP contribution >= 0.6 is 0 Å². The van der Waals surface area contributed by atoms with E-state index in [2.05, 4.69) is 34.1 Å². The summed E-state index contributed by atoms with van der Waals surface area (Å²) in [6, 6.07) is 8.99. The predicted octanol–water partition coefficient (Wildman–Crippen LogP) is 3.45. The van der Waals surface area contributed by atoms with Gasteiger partial charge in [-0.1, -0.05) is 12.1 Å². The Labute approximate surface area is 139 Å². The van der Waals surface area contributed by atoms with Crippen molar-refractivity contribution >= 4 is 5.69 Å². The molecule has 23 heavy (non-hydrogen) atoms. The number of hydrogen-bond acceptors (Lipinski definition) is 3. The fraction of sp³-hybridized carbons (Fsp3) is 0.684. The molecule has 2 aliphatic rings. The van der Waals surface area contributed by atoms with Gasteiger partial charge in [0.25, 0.3) is 0 Å². The summed E-state index contributed by atoms with van der Waals surface area (Å²) >= 11 is 0. The maximum atomic E-state index is 13.8. The molecule has 2 aliphatic heterocycles. The van der Waals surface area contributed by atoms with Crippen molar-refractivity contribution in [3.63, 3.8) is 0 Å². The molecule has 0 amide bonds. The molecule has 3 nitrogen and oxygen atoms in total. The highest BCUT2D eigenvalue weighted by Gasteiger charge is 2.26. The number of rotatable bonds is 4. The first kappa shape index (κ1) is 16.7. The third-order valence-electron chi connectivity index (χ3n) is 4.91. The van der Waals surface area contributed by atoms with Gasteiger partial charge in [-0.05, 0) is 63.4 Å². The Morgan fingerprint density at radius 3 is 2.48 bits per heavy atom. The van der Waals surface area contributed by atoms with E-state index in [9.17, 15) is 4.39 Å². The summed E-state index contributed by atoms with van der Waals surface area (Å²) in [6.07, 6.45) is 2.26. The summed E-state index contributed by atoms with van der Waals surface area (Å²) in [6.45, 7) is 9.49. The van der Waals surface area contributed by atoms with Crippen molar-refractivity contribution in [2.75, 3.05) is 50.8 Å². The topological polar surface area (TPSA) is 15.7 Å². The summed E-state index contributed by atoms with van der Waals surface area (Å²) in [4.78, 5) is 4.68. The maximum absolute atomic E-state index is 13.8. The zero-order valence-electron chi connectivity index (χ0n) is 14.4. The van der Waals surface area contributed by atoms with Gasteiger partial charge in [-0.2, -0.15) is 0 Å². The highest BCUT2D eigenvalue weighted by Crippen LogP contribution is 2.31. The second-order valence-corrected chi connectivity index (χ2v) is 7.46. The first-order valence-electron chi connectivity index (χ1n) is 8.85. The molecule has 0 aliphatic carbocycles. The van der Waals surface area contributed by atoms with Gasteiger partial charge >= 0.3 is 0 Å². The van der Waals surface area contributed by atoms with Gasteiger partial charge in [0.15, 0.2) is 0 Å². The Kier molecular flexibility index (Phi) is 5.22. The average Bonchev–Trinajstić information content (AvgIpc) is 2.55. The van der Waals surface area contributed by atoms with E-state index in [1.807, 2.05) is 0 Å². The minimum atomic E-state index is -1.09. The van der Waals surface area contributed by atoms with Gasteiger partial charge in [0, 0.05) is 25.3 Å². The van der Waals surface area contributed by atoms with E-state index in [-0.39, 0.29) is 0 Å². The van der Waals surface area contributed by atoms with Gasteiger partial charge in [-0.3, -0.25) is 0 Å². The number of anilines is 1. The maximum Gasteiger partial charge on any atom is 0.118 e. The Bertz CT molecular complexity index is 500. The van der Waals surface area contributed by atoms with E-state index in [0.29, 0.717) is 12.5 Å². The fourth-order valence-corrected chi connectivity index (χ4v) is 3.75. The molecule has 0 radical (unpaired) electrons. The number of morpholine rings is 1. The second kappa shape index (κ2) is 7.18. The minimum absolute atomic E-state index is 0.549. The van der Waals surface area contributed by atoms with Crippen LogP contribution in [0.4, 0.5) is 10.1 Å². The van der Waals surface area contributed by atoms with Gasteiger partial charge in [0.2, 0.25) is 0 Å². The SMILES string of the molecule is CC(C)(F)CN1CCC(c2cccc(N3CCOCC3)c2)CC1. The third kappa shape index (κ3) is 4.67. The minimum Gasteiger partial charge on any atom is -0.378 e. The third-order valence-corrected chi connectivity index (χ3v) is 4.91. The monoisotopic (exact) mass is 320 g/mol. The van der Waals surface area contributed by atoms with Crippen LogP contribution < -0.4 is 4.90 Å². The zero-order chi connectivity index (χ0) is 16.3. The van der Waals surface area contributed by atoms with Crippen LogP contribution in [0.15, 0.2) is 24.3 Å². The van der Waals surface area contributed by atoms with Gasteiger partial charge in [-0.15, -0.1) is 0 Å². The summed E-state index contributed by atoms with van der Waals surface area (Å²) in [5.41, 5.74) is 1.66. The molecule has 0 spiro atoms. The summed E-state index contributed by atoms with van der Waals surface area (Å²) in [5, 5.41) is 0. The molecule has 1 aromatic carbocycles. The highest BCUT2D eigenvalue weighted by atomic mass is 19.1. The smallest absolute Gasteiger partial charge is 0.118 e. The van der Waals surface area contributed by atoms with Crippen LogP contribution in [-0.2, 0) is 4.74 Å². The van der Waals surface area contributed by atoms with Crippen LogP contribution in [0, 0.1) is 0 Å². The van der Waals surface area contributed by atoms with Gasteiger partial charge in [-0.25, -0.2) is 4.39 Å². The lowest BCUT2D eigenvalue weighted by atomic mass is 9.88. The number of likely N-dealkylation sites (tertiary alicyclic amines) is 1. The van der Waals surface area contributed by atoms with Crippen LogP contribution in [-0.4, -0.2) is 56.5 Å². The Balaban J connectivity index is 1.60. The van der Waals surface area contributed by atoms with Crippen molar-refractivity contribution in [3.05, 3.63) is 29.8 Å². The van der Waals surface area contributed by atoms with Gasteiger partial charge < -0.3 is 14.5 Å². The molecule has 0 unspecified atom stereocenters. The number of piperidine rings is 1. The molecule has 2 heterocycles. The number of halogens is 1. The molecule has 0 N–H and O–H groups in total.